The Hall–Kier alpha value is -1.98. The van der Waals surface area contributed by atoms with E-state index in [9.17, 15) is 9.59 Å². The predicted octanol–water partition coefficient (Wildman–Crippen LogP) is 0.474. The summed E-state index contributed by atoms with van der Waals surface area (Å²) in [4.78, 5) is 29.7. The molecule has 0 aliphatic carbocycles. The van der Waals surface area contributed by atoms with Crippen LogP contribution in [-0.2, 0) is 4.74 Å². The number of carbonyl (C=O) groups excluding carboxylic acids is 2. The number of methoxy groups -OCH3 is 2. The molecule has 80 valence electrons. The molecular weight excluding hydrogens is 200 g/mol. The van der Waals surface area contributed by atoms with Gasteiger partial charge in [-0.3, -0.25) is 4.79 Å². The third-order valence-electron chi connectivity index (χ3n) is 1.62. The number of ketones is 1. The number of ether oxygens (including phenoxy) is 2. The Morgan fingerprint density at radius 1 is 1.27 bits per heavy atom. The second-order valence-corrected chi connectivity index (χ2v) is 2.67. The highest BCUT2D eigenvalue weighted by molar-refractivity contribution is 5.93. The van der Waals surface area contributed by atoms with Gasteiger partial charge in [-0.15, -0.1) is 0 Å². The maximum Gasteiger partial charge on any atom is 0.356 e. The summed E-state index contributed by atoms with van der Waals surface area (Å²) in [6, 6.07) is 1.30. The molecule has 6 nitrogen and oxygen atoms in total. The fourth-order valence-corrected chi connectivity index (χ4v) is 0.896. The molecule has 0 aliphatic heterocycles. The second kappa shape index (κ2) is 4.50. The molecule has 15 heavy (non-hydrogen) atoms. The maximum atomic E-state index is 11.2. The van der Waals surface area contributed by atoms with E-state index in [1.807, 2.05) is 0 Å². The maximum absolute atomic E-state index is 11.2. The van der Waals surface area contributed by atoms with Gasteiger partial charge in [0, 0.05) is 13.0 Å². The molecule has 0 unspecified atom stereocenters. The molecule has 0 saturated heterocycles. The lowest BCUT2D eigenvalue weighted by molar-refractivity contribution is 0.0593. The van der Waals surface area contributed by atoms with Gasteiger partial charge in [0.2, 0.25) is 5.88 Å². The molecule has 0 radical (unpaired) electrons. The van der Waals surface area contributed by atoms with Crippen LogP contribution in [0.4, 0.5) is 0 Å². The molecule has 0 aromatic carbocycles. The summed E-state index contributed by atoms with van der Waals surface area (Å²) in [5, 5.41) is 0. The molecule has 1 aromatic rings. The van der Waals surface area contributed by atoms with E-state index in [1.165, 1.54) is 27.2 Å². The summed E-state index contributed by atoms with van der Waals surface area (Å²) in [6.07, 6.45) is 0. The number of aromatic nitrogens is 2. The van der Waals surface area contributed by atoms with Gasteiger partial charge >= 0.3 is 5.97 Å². The Bertz CT molecular complexity index is 403. The number of nitrogens with zero attached hydrogens (tertiary/aromatic N) is 2. The first-order valence-electron chi connectivity index (χ1n) is 4.10. The summed E-state index contributed by atoms with van der Waals surface area (Å²) in [5.74, 6) is -0.914. The first kappa shape index (κ1) is 11.1. The molecule has 1 rings (SSSR count). The van der Waals surface area contributed by atoms with Crippen LogP contribution < -0.4 is 4.74 Å². The van der Waals surface area contributed by atoms with Gasteiger partial charge in [0.1, 0.15) is 0 Å². The molecule has 0 saturated carbocycles. The van der Waals surface area contributed by atoms with E-state index >= 15 is 0 Å². The van der Waals surface area contributed by atoms with Crippen molar-refractivity contribution in [2.75, 3.05) is 14.2 Å². The normalized spacial score (nSPS) is 9.53. The van der Waals surface area contributed by atoms with Crippen molar-refractivity contribution in [1.82, 2.24) is 9.97 Å². The van der Waals surface area contributed by atoms with Gasteiger partial charge in [-0.25, -0.2) is 9.78 Å². The second-order valence-electron chi connectivity index (χ2n) is 2.67. The molecular formula is C9H10N2O4. The van der Waals surface area contributed by atoms with Crippen LogP contribution in [-0.4, -0.2) is 35.9 Å². The molecule has 6 heteroatoms. The minimum Gasteiger partial charge on any atom is -0.481 e. The lowest BCUT2D eigenvalue weighted by Gasteiger charge is -2.03. The Labute approximate surface area is 86.2 Å². The van der Waals surface area contributed by atoms with E-state index in [2.05, 4.69) is 14.7 Å². The first-order chi connectivity index (χ1) is 7.08. The third-order valence-corrected chi connectivity index (χ3v) is 1.62. The van der Waals surface area contributed by atoms with E-state index < -0.39 is 5.97 Å². The Kier molecular flexibility index (Phi) is 3.33. The van der Waals surface area contributed by atoms with Gasteiger partial charge in [0.25, 0.3) is 0 Å². The van der Waals surface area contributed by atoms with Crippen LogP contribution in [0.15, 0.2) is 6.07 Å². The van der Waals surface area contributed by atoms with Crippen molar-refractivity contribution < 1.29 is 19.1 Å². The number of Topliss-reactive ketones (excluding diaryl/α,β-unsaturated/α-hetero) is 1. The summed E-state index contributed by atoms with van der Waals surface area (Å²) >= 11 is 0. The standard InChI is InChI=1S/C9H10N2O4/c1-5(12)8-10-6(9(13)15-3)4-7(11-8)14-2/h4H,1-3H3. The zero-order chi connectivity index (χ0) is 11.4. The monoisotopic (exact) mass is 210 g/mol. The highest BCUT2D eigenvalue weighted by atomic mass is 16.5. The third kappa shape index (κ3) is 2.49. The zero-order valence-electron chi connectivity index (χ0n) is 8.60. The molecule has 0 bridgehead atoms. The minimum atomic E-state index is -0.641. The van der Waals surface area contributed by atoms with E-state index in [0.29, 0.717) is 0 Å². The van der Waals surface area contributed by atoms with Crippen LogP contribution in [0.25, 0.3) is 0 Å². The van der Waals surface area contributed by atoms with Gasteiger partial charge in [0.05, 0.1) is 14.2 Å². The first-order valence-corrected chi connectivity index (χ1v) is 4.10. The van der Waals surface area contributed by atoms with Crippen LogP contribution in [0, 0.1) is 0 Å². The average Bonchev–Trinajstić information content (AvgIpc) is 2.27. The quantitative estimate of drug-likeness (QED) is 0.533. The minimum absolute atomic E-state index is 0.00505. The number of rotatable bonds is 3. The van der Waals surface area contributed by atoms with Gasteiger partial charge in [0.15, 0.2) is 17.3 Å². The van der Waals surface area contributed by atoms with Crippen molar-refractivity contribution in [2.45, 2.75) is 6.92 Å². The van der Waals surface area contributed by atoms with E-state index in [4.69, 9.17) is 4.74 Å². The Morgan fingerprint density at radius 2 is 1.93 bits per heavy atom. The lowest BCUT2D eigenvalue weighted by atomic mass is 10.3. The fourth-order valence-electron chi connectivity index (χ4n) is 0.896. The molecule has 1 aromatic heterocycles. The molecule has 0 aliphatic rings. The van der Waals surface area contributed by atoms with Gasteiger partial charge in [-0.2, -0.15) is 4.98 Å². The summed E-state index contributed by atoms with van der Waals surface area (Å²) in [6.45, 7) is 1.30. The summed E-state index contributed by atoms with van der Waals surface area (Å²) in [5.41, 5.74) is -0.00505. The van der Waals surface area contributed by atoms with Gasteiger partial charge < -0.3 is 9.47 Å². The zero-order valence-corrected chi connectivity index (χ0v) is 8.60. The topological polar surface area (TPSA) is 78.4 Å². The van der Waals surface area contributed by atoms with Gasteiger partial charge in [-0.05, 0) is 0 Å². The van der Waals surface area contributed by atoms with Crippen molar-refractivity contribution in [2.24, 2.45) is 0 Å². The number of carbonyl (C=O) groups is 2. The lowest BCUT2D eigenvalue weighted by Crippen LogP contribution is -2.11. The number of hydrogen-bond donors (Lipinski definition) is 0. The fraction of sp³-hybridized carbons (Fsp3) is 0.333. The Balaban J connectivity index is 3.23. The summed E-state index contributed by atoms with van der Waals surface area (Å²) in [7, 11) is 2.61. The number of esters is 1. The smallest absolute Gasteiger partial charge is 0.356 e. The highest BCUT2D eigenvalue weighted by Gasteiger charge is 2.14. The molecule has 0 atom stereocenters. The van der Waals surface area contributed by atoms with Crippen LogP contribution >= 0.6 is 0 Å². The largest absolute Gasteiger partial charge is 0.481 e. The van der Waals surface area contributed by atoms with Crippen LogP contribution in [0.2, 0.25) is 0 Å². The van der Waals surface area contributed by atoms with Crippen molar-refractivity contribution in [3.63, 3.8) is 0 Å². The average molecular weight is 210 g/mol. The van der Waals surface area contributed by atoms with Crippen LogP contribution in [0.1, 0.15) is 28.0 Å². The molecule has 0 spiro atoms. The summed E-state index contributed by atoms with van der Waals surface area (Å²) < 4.78 is 9.30. The number of hydrogen-bond acceptors (Lipinski definition) is 6. The van der Waals surface area contributed by atoms with Crippen molar-refractivity contribution >= 4 is 11.8 Å². The molecule has 0 fully saturated rings. The molecule has 0 N–H and O–H groups in total. The highest BCUT2D eigenvalue weighted by Crippen LogP contribution is 2.10. The van der Waals surface area contributed by atoms with E-state index in [0.717, 1.165) is 0 Å². The molecule has 1 heterocycles. The van der Waals surface area contributed by atoms with Crippen molar-refractivity contribution in [3.8, 4) is 5.88 Å². The van der Waals surface area contributed by atoms with Crippen LogP contribution in [0.5, 0.6) is 5.88 Å². The predicted molar refractivity (Wildman–Crippen MR) is 49.9 cm³/mol. The molecule has 0 amide bonds. The van der Waals surface area contributed by atoms with E-state index in [-0.39, 0.29) is 23.2 Å². The van der Waals surface area contributed by atoms with Crippen molar-refractivity contribution in [1.29, 1.82) is 0 Å². The van der Waals surface area contributed by atoms with Crippen LogP contribution in [0.3, 0.4) is 0 Å². The Morgan fingerprint density at radius 3 is 2.40 bits per heavy atom. The van der Waals surface area contributed by atoms with E-state index in [1.54, 1.807) is 0 Å². The van der Waals surface area contributed by atoms with Crippen molar-refractivity contribution in [3.05, 3.63) is 17.6 Å². The van der Waals surface area contributed by atoms with Gasteiger partial charge in [-0.1, -0.05) is 0 Å². The SMILES string of the molecule is COC(=O)c1cc(OC)nc(C(C)=O)n1.